The van der Waals surface area contributed by atoms with Crippen LogP contribution in [0.3, 0.4) is 0 Å². The third-order valence-electron chi connectivity index (χ3n) is 2.49. The highest BCUT2D eigenvalue weighted by molar-refractivity contribution is 8.02. The summed E-state index contributed by atoms with van der Waals surface area (Å²) in [6.45, 7) is 3.62. The summed E-state index contributed by atoms with van der Waals surface area (Å²) in [4.78, 5) is 0. The van der Waals surface area contributed by atoms with Crippen LogP contribution in [-0.2, 0) is 0 Å². The predicted octanol–water partition coefficient (Wildman–Crippen LogP) is 3.19. The summed E-state index contributed by atoms with van der Waals surface area (Å²) >= 11 is 6.94. The Morgan fingerprint density at radius 3 is 2.43 bits per heavy atom. The topological polar surface area (TPSA) is 73.9 Å². The van der Waals surface area contributed by atoms with Crippen LogP contribution in [0.2, 0.25) is 0 Å². The summed E-state index contributed by atoms with van der Waals surface area (Å²) in [5.41, 5.74) is 5.35. The van der Waals surface area contributed by atoms with Crippen molar-refractivity contribution in [2.24, 2.45) is 5.73 Å². The van der Waals surface area contributed by atoms with Gasteiger partial charge in [-0.3, -0.25) is 5.41 Å². The van der Waals surface area contributed by atoms with Crippen LogP contribution < -0.4 is 16.4 Å². The number of hydrogen-bond donors (Lipinski definition) is 4. The van der Waals surface area contributed by atoms with Crippen molar-refractivity contribution in [3.05, 3.63) is 52.8 Å². The Morgan fingerprint density at radius 1 is 1.43 bits per heavy atom. The first-order valence-electron chi connectivity index (χ1n) is 5.79. The summed E-state index contributed by atoms with van der Waals surface area (Å²) in [7, 11) is 0. The van der Waals surface area contributed by atoms with Crippen LogP contribution in [0.4, 0.5) is 14.5 Å². The van der Waals surface area contributed by atoms with E-state index in [2.05, 4.69) is 17.2 Å². The molecule has 0 saturated heterocycles. The molecule has 0 aromatic heterocycles. The monoisotopic (exact) mass is 332 g/mol. The average Bonchev–Trinajstić information content (AvgIpc) is 2.42. The van der Waals surface area contributed by atoms with Crippen molar-refractivity contribution in [1.29, 1.82) is 5.41 Å². The Balaban J connectivity index is 3.25. The predicted molar refractivity (Wildman–Crippen MR) is 85.4 cm³/mol. The van der Waals surface area contributed by atoms with Gasteiger partial charge in [-0.05, 0) is 18.4 Å². The molecule has 0 unspecified atom stereocenters. The van der Waals surface area contributed by atoms with Gasteiger partial charge in [-0.25, -0.2) is 8.78 Å². The zero-order valence-corrected chi connectivity index (χ0v) is 12.8. The lowest BCUT2D eigenvalue weighted by molar-refractivity contribution is 0.589. The Hall–Kier alpha value is -1.57. The molecule has 5 N–H and O–H groups in total. The molecule has 4 nitrogen and oxygen atoms in total. The lowest BCUT2D eigenvalue weighted by Gasteiger charge is -2.18. The molecule has 0 aliphatic carbocycles. The van der Waals surface area contributed by atoms with Gasteiger partial charge in [0, 0.05) is 12.1 Å². The number of benzene rings is 1. The van der Waals surface area contributed by atoms with Crippen LogP contribution in [0.5, 0.6) is 0 Å². The van der Waals surface area contributed by atoms with Crippen molar-refractivity contribution in [3.8, 4) is 0 Å². The van der Waals surface area contributed by atoms with Crippen LogP contribution in [0.25, 0.3) is 0 Å². The average molecular weight is 333 g/mol. The third-order valence-corrected chi connectivity index (χ3v) is 3.32. The number of thioether (sulfide) groups is 1. The maximum absolute atomic E-state index is 13.7. The van der Waals surface area contributed by atoms with Gasteiger partial charge < -0.3 is 16.4 Å². The normalized spacial score (nSPS) is 11.7. The molecule has 1 aromatic rings. The standard InChI is InChI=1S/C13H15ClF2N4S/c1-7(21-2)19-13(8(6-17)12(14)18)20-11-9(15)4-3-5-10(11)16/h3-5,18-20H,1,6,17H2,2H3. The molecule has 1 aromatic carbocycles. The minimum atomic E-state index is -0.776. The summed E-state index contributed by atoms with van der Waals surface area (Å²) in [6, 6.07) is 3.47. The second kappa shape index (κ2) is 8.02. The fourth-order valence-electron chi connectivity index (χ4n) is 1.42. The molecule has 0 spiro atoms. The number of para-hydroxylation sites is 1. The molecule has 0 atom stereocenters. The lowest BCUT2D eigenvalue weighted by atomic mass is 10.2. The molecular weight excluding hydrogens is 318 g/mol. The van der Waals surface area contributed by atoms with Crippen LogP contribution >= 0.6 is 23.4 Å². The van der Waals surface area contributed by atoms with Crippen LogP contribution in [0.15, 0.2) is 41.2 Å². The van der Waals surface area contributed by atoms with E-state index in [0.717, 1.165) is 12.1 Å². The maximum atomic E-state index is 13.7. The maximum Gasteiger partial charge on any atom is 0.149 e. The summed E-state index contributed by atoms with van der Waals surface area (Å²) in [5.74, 6) is -1.44. The molecule has 0 saturated carbocycles. The minimum absolute atomic E-state index is 0.0879. The van der Waals surface area contributed by atoms with Gasteiger partial charge in [0.1, 0.15) is 28.3 Å². The second-order valence-electron chi connectivity index (χ2n) is 3.85. The van der Waals surface area contributed by atoms with Crippen LogP contribution in [0.1, 0.15) is 0 Å². The number of hydrogen-bond acceptors (Lipinski definition) is 5. The van der Waals surface area contributed by atoms with Crippen molar-refractivity contribution in [1.82, 2.24) is 5.32 Å². The highest BCUT2D eigenvalue weighted by Gasteiger charge is 2.15. The van der Waals surface area contributed by atoms with Gasteiger partial charge in [-0.1, -0.05) is 24.2 Å². The molecule has 8 heteroatoms. The molecule has 0 amide bonds. The summed E-state index contributed by atoms with van der Waals surface area (Å²) < 4.78 is 27.4. The van der Waals surface area contributed by atoms with E-state index < -0.39 is 11.6 Å². The number of anilines is 1. The lowest BCUT2D eigenvalue weighted by Crippen LogP contribution is -2.25. The zero-order chi connectivity index (χ0) is 16.0. The van der Waals surface area contributed by atoms with Gasteiger partial charge in [0.05, 0.1) is 5.03 Å². The number of halogens is 3. The van der Waals surface area contributed by atoms with Crippen molar-refractivity contribution in [3.63, 3.8) is 0 Å². The van der Waals surface area contributed by atoms with Gasteiger partial charge in [-0.2, -0.15) is 0 Å². The van der Waals surface area contributed by atoms with E-state index in [9.17, 15) is 8.78 Å². The number of rotatable bonds is 7. The first kappa shape index (κ1) is 17.5. The molecule has 0 heterocycles. The highest BCUT2D eigenvalue weighted by Crippen LogP contribution is 2.21. The van der Waals surface area contributed by atoms with Crippen LogP contribution in [-0.4, -0.2) is 18.0 Å². The van der Waals surface area contributed by atoms with E-state index in [4.69, 9.17) is 22.7 Å². The van der Waals surface area contributed by atoms with Gasteiger partial charge in [0.25, 0.3) is 0 Å². The van der Waals surface area contributed by atoms with Crippen molar-refractivity contribution in [2.75, 3.05) is 18.1 Å². The molecule has 114 valence electrons. The molecule has 0 fully saturated rings. The molecule has 0 aliphatic rings. The Bertz CT molecular complexity index is 569. The summed E-state index contributed by atoms with van der Waals surface area (Å²) in [5, 5.41) is 13.0. The number of nitrogens with one attached hydrogen (secondary N) is 3. The minimum Gasteiger partial charge on any atom is -0.337 e. The van der Waals surface area contributed by atoms with Gasteiger partial charge in [0.2, 0.25) is 0 Å². The van der Waals surface area contributed by atoms with Crippen LogP contribution in [0, 0.1) is 17.0 Å². The molecule has 21 heavy (non-hydrogen) atoms. The Morgan fingerprint density at radius 2 is 2.00 bits per heavy atom. The number of nitrogens with two attached hydrogens (primary N) is 1. The Kier molecular flexibility index (Phi) is 6.67. The van der Waals surface area contributed by atoms with Crippen molar-refractivity contribution in [2.45, 2.75) is 0 Å². The van der Waals surface area contributed by atoms with Crippen molar-refractivity contribution >= 4 is 34.2 Å². The van der Waals surface area contributed by atoms with Gasteiger partial charge in [-0.15, -0.1) is 11.8 Å². The molecule has 1 rings (SSSR count). The Labute approximate surface area is 130 Å². The van der Waals surface area contributed by atoms with E-state index >= 15 is 0 Å². The quantitative estimate of drug-likeness (QED) is 0.579. The fraction of sp³-hybridized carbons (Fsp3) is 0.154. The van der Waals surface area contributed by atoms with E-state index in [1.165, 1.54) is 17.8 Å². The largest absolute Gasteiger partial charge is 0.337 e. The van der Waals surface area contributed by atoms with Gasteiger partial charge >= 0.3 is 0 Å². The first-order valence-corrected chi connectivity index (χ1v) is 7.39. The highest BCUT2D eigenvalue weighted by atomic mass is 35.5. The SMILES string of the molecule is C=C(NC(Nc1c(F)cccc1F)=C(CN)C(=N)Cl)SC. The second-order valence-corrected chi connectivity index (χ2v) is 5.12. The van der Waals surface area contributed by atoms with Gasteiger partial charge in [0.15, 0.2) is 0 Å². The van der Waals surface area contributed by atoms with E-state index in [1.54, 1.807) is 6.26 Å². The van der Waals surface area contributed by atoms with E-state index in [1.807, 2.05) is 0 Å². The fourth-order valence-corrected chi connectivity index (χ4v) is 1.79. The zero-order valence-electron chi connectivity index (χ0n) is 11.3. The first-order chi connectivity index (χ1) is 9.90. The molecule has 0 aliphatic heterocycles. The molecule has 0 radical (unpaired) electrons. The molecule has 0 bridgehead atoms. The summed E-state index contributed by atoms with van der Waals surface area (Å²) in [6.07, 6.45) is 1.77. The van der Waals surface area contributed by atoms with Crippen molar-refractivity contribution < 1.29 is 8.78 Å². The van der Waals surface area contributed by atoms with E-state index in [-0.39, 0.29) is 28.8 Å². The smallest absolute Gasteiger partial charge is 0.149 e. The molecular formula is C13H15ClF2N4S. The third kappa shape index (κ3) is 4.73. The van der Waals surface area contributed by atoms with E-state index in [0.29, 0.717) is 5.03 Å².